The first-order valence-corrected chi connectivity index (χ1v) is 8.75. The first-order valence-electron chi connectivity index (χ1n) is 8.12. The smallest absolute Gasteiger partial charge is 0.151 e. The fourth-order valence-electron chi connectivity index (χ4n) is 3.69. The van der Waals surface area contributed by atoms with Crippen LogP contribution in [0.1, 0.15) is 44.9 Å². The Labute approximate surface area is 128 Å². The molecular weight excluding hydrogens is 270 g/mol. The number of rotatable bonds is 6. The van der Waals surface area contributed by atoms with Crippen molar-refractivity contribution in [1.82, 2.24) is 0 Å². The Balaban J connectivity index is 1.72. The molecule has 0 aromatic carbocycles. The molecule has 3 nitrogen and oxygen atoms in total. The lowest BCUT2D eigenvalue weighted by Gasteiger charge is -2.34. The van der Waals surface area contributed by atoms with Gasteiger partial charge in [0.05, 0.1) is 12.2 Å². The summed E-state index contributed by atoms with van der Waals surface area (Å²) in [6.07, 6.45) is 10.5. The van der Waals surface area contributed by atoms with Crippen LogP contribution in [0.2, 0.25) is 0 Å². The van der Waals surface area contributed by atoms with E-state index in [1.165, 1.54) is 32.2 Å². The zero-order chi connectivity index (χ0) is 14.4. The number of aliphatic hydroxyl groups excluding tert-OH is 1. The number of aliphatic hydroxyl groups is 1. The third-order valence-corrected chi connectivity index (χ3v) is 5.26. The molecule has 4 unspecified atom stereocenters. The third-order valence-electron chi connectivity index (χ3n) is 5.06. The van der Waals surface area contributed by atoms with Gasteiger partial charge in [-0.05, 0) is 43.9 Å². The van der Waals surface area contributed by atoms with Crippen molar-refractivity contribution in [3.8, 4) is 0 Å². The van der Waals surface area contributed by atoms with Crippen LogP contribution in [-0.2, 0) is 4.74 Å². The van der Waals surface area contributed by atoms with Gasteiger partial charge in [0.1, 0.15) is 12.8 Å². The normalized spacial score (nSPS) is 34.9. The van der Waals surface area contributed by atoms with Crippen molar-refractivity contribution in [2.75, 3.05) is 26.0 Å². The van der Waals surface area contributed by atoms with Crippen molar-refractivity contribution in [1.29, 1.82) is 0 Å². The van der Waals surface area contributed by atoms with Crippen molar-refractivity contribution in [2.24, 2.45) is 11.8 Å². The Bertz CT molecular complexity index is 322. The Morgan fingerprint density at radius 2 is 2.15 bits per heavy atom. The van der Waals surface area contributed by atoms with Gasteiger partial charge in [-0.1, -0.05) is 0 Å². The maximum Gasteiger partial charge on any atom is 0.151 e. The predicted octanol–water partition coefficient (Wildman–Crippen LogP) is 2.37. The van der Waals surface area contributed by atoms with Crippen LogP contribution in [0, 0.1) is 11.8 Å². The maximum absolute atomic E-state index is 9.73. The van der Waals surface area contributed by atoms with Gasteiger partial charge in [0.15, 0.2) is 6.54 Å². The second kappa shape index (κ2) is 8.40. The van der Waals surface area contributed by atoms with E-state index in [4.69, 9.17) is 4.74 Å². The SMILES string of the molecule is COC1CC(O)CCC1CCC1CC=[N+](CCS)CC1. The van der Waals surface area contributed by atoms with E-state index in [9.17, 15) is 5.11 Å². The van der Waals surface area contributed by atoms with Crippen LogP contribution in [0.15, 0.2) is 0 Å². The fraction of sp³-hybridized carbons (Fsp3) is 0.938. The Hall–Kier alpha value is -0.0600. The van der Waals surface area contributed by atoms with Crippen LogP contribution >= 0.6 is 12.6 Å². The second-order valence-corrected chi connectivity index (χ2v) is 6.86. The first kappa shape index (κ1) is 16.3. The van der Waals surface area contributed by atoms with Crippen molar-refractivity contribution in [2.45, 2.75) is 57.2 Å². The minimum atomic E-state index is -0.144. The summed E-state index contributed by atoms with van der Waals surface area (Å²) >= 11 is 4.30. The molecule has 0 amide bonds. The monoisotopic (exact) mass is 300 g/mol. The molecule has 0 bridgehead atoms. The van der Waals surface area contributed by atoms with Crippen molar-refractivity contribution < 1.29 is 14.4 Å². The highest BCUT2D eigenvalue weighted by molar-refractivity contribution is 7.80. The first-order chi connectivity index (χ1) is 9.72. The molecule has 20 heavy (non-hydrogen) atoms. The van der Waals surface area contributed by atoms with Crippen molar-refractivity contribution in [3.05, 3.63) is 0 Å². The molecule has 1 saturated carbocycles. The van der Waals surface area contributed by atoms with Crippen molar-refractivity contribution >= 4 is 18.8 Å². The Kier molecular flexibility index (Phi) is 6.85. The maximum atomic E-state index is 9.73. The molecule has 1 heterocycles. The van der Waals surface area contributed by atoms with Gasteiger partial charge in [-0.15, -0.1) is 0 Å². The van der Waals surface area contributed by atoms with Crippen molar-refractivity contribution in [3.63, 3.8) is 0 Å². The predicted molar refractivity (Wildman–Crippen MR) is 86.0 cm³/mol. The van der Waals surface area contributed by atoms with Crippen LogP contribution in [0.3, 0.4) is 0 Å². The molecular formula is C16H30NO2S+. The molecule has 0 spiro atoms. The molecule has 0 saturated heterocycles. The molecule has 1 N–H and O–H groups in total. The van der Waals surface area contributed by atoms with Gasteiger partial charge >= 0.3 is 0 Å². The zero-order valence-electron chi connectivity index (χ0n) is 12.7. The third kappa shape index (κ3) is 4.74. The number of methoxy groups -OCH3 is 1. The van der Waals surface area contributed by atoms with Gasteiger partial charge < -0.3 is 9.84 Å². The molecule has 0 aromatic heterocycles. The lowest BCUT2D eigenvalue weighted by molar-refractivity contribution is -0.525. The van der Waals surface area contributed by atoms with E-state index >= 15 is 0 Å². The quantitative estimate of drug-likeness (QED) is 0.583. The van der Waals surface area contributed by atoms with Crippen LogP contribution in [0.4, 0.5) is 0 Å². The van der Waals surface area contributed by atoms with Gasteiger partial charge in [-0.2, -0.15) is 12.6 Å². The lowest BCUT2D eigenvalue weighted by atomic mass is 9.79. The molecule has 2 aliphatic rings. The van der Waals surface area contributed by atoms with Crippen LogP contribution in [-0.4, -0.2) is 54.1 Å². The van der Waals surface area contributed by atoms with E-state index in [1.54, 1.807) is 7.11 Å². The number of thiol groups is 1. The highest BCUT2D eigenvalue weighted by atomic mass is 32.1. The summed E-state index contributed by atoms with van der Waals surface area (Å²) in [5, 5.41) is 9.73. The zero-order valence-corrected chi connectivity index (χ0v) is 13.6. The molecule has 116 valence electrons. The summed E-state index contributed by atoms with van der Waals surface area (Å²) in [6, 6.07) is 0. The fourth-order valence-corrected chi connectivity index (χ4v) is 3.95. The molecule has 1 fully saturated rings. The lowest BCUT2D eigenvalue weighted by Crippen LogP contribution is -2.34. The topological polar surface area (TPSA) is 32.5 Å². The highest BCUT2D eigenvalue weighted by Gasteiger charge is 2.30. The summed E-state index contributed by atoms with van der Waals surface area (Å²) < 4.78 is 7.99. The van der Waals surface area contributed by atoms with Gasteiger partial charge in [-0.3, -0.25) is 0 Å². The summed E-state index contributed by atoms with van der Waals surface area (Å²) in [5.41, 5.74) is 0. The Morgan fingerprint density at radius 3 is 2.80 bits per heavy atom. The van der Waals surface area contributed by atoms with Crippen LogP contribution in [0.5, 0.6) is 0 Å². The van der Waals surface area contributed by atoms with E-state index in [-0.39, 0.29) is 12.2 Å². The van der Waals surface area contributed by atoms with E-state index in [0.29, 0.717) is 5.92 Å². The molecule has 1 aliphatic heterocycles. The minimum Gasteiger partial charge on any atom is -0.393 e. The summed E-state index contributed by atoms with van der Waals surface area (Å²) in [6.45, 7) is 2.28. The molecule has 0 radical (unpaired) electrons. The molecule has 1 aliphatic carbocycles. The molecule has 0 aromatic rings. The highest BCUT2D eigenvalue weighted by Crippen LogP contribution is 2.32. The molecule has 2 rings (SSSR count). The van der Waals surface area contributed by atoms with E-state index < -0.39 is 0 Å². The van der Waals surface area contributed by atoms with Crippen LogP contribution in [0.25, 0.3) is 0 Å². The number of hydrogen-bond donors (Lipinski definition) is 2. The van der Waals surface area contributed by atoms with Crippen LogP contribution < -0.4 is 0 Å². The van der Waals surface area contributed by atoms with Gasteiger partial charge in [0, 0.05) is 25.7 Å². The largest absolute Gasteiger partial charge is 0.393 e. The average molecular weight is 300 g/mol. The molecule has 4 heteroatoms. The Morgan fingerprint density at radius 1 is 1.30 bits per heavy atom. The standard InChI is InChI=1S/C16H29NO2S/c1-19-16-12-15(18)5-4-14(16)3-2-13-6-8-17(9-7-13)10-11-20/h8,13-16,18H,2-7,9-12H2,1H3/p+1. The van der Waals surface area contributed by atoms with E-state index in [1.807, 2.05) is 0 Å². The average Bonchev–Trinajstić information content (AvgIpc) is 2.47. The number of nitrogens with zero attached hydrogens (tertiary/aromatic N) is 1. The van der Waals surface area contributed by atoms with Gasteiger partial charge in [0.25, 0.3) is 0 Å². The number of hydrogen-bond acceptors (Lipinski definition) is 3. The molecule has 4 atom stereocenters. The summed E-state index contributed by atoms with van der Waals surface area (Å²) in [7, 11) is 1.79. The summed E-state index contributed by atoms with van der Waals surface area (Å²) in [4.78, 5) is 0. The van der Waals surface area contributed by atoms with Gasteiger partial charge in [-0.25, -0.2) is 4.58 Å². The second-order valence-electron chi connectivity index (χ2n) is 6.41. The van der Waals surface area contributed by atoms with E-state index in [2.05, 4.69) is 23.4 Å². The number of ether oxygens (including phenoxy) is 1. The summed E-state index contributed by atoms with van der Waals surface area (Å²) in [5.74, 6) is 2.44. The van der Waals surface area contributed by atoms with Gasteiger partial charge in [0.2, 0.25) is 0 Å². The minimum absolute atomic E-state index is 0.144. The van der Waals surface area contributed by atoms with E-state index in [0.717, 1.165) is 37.5 Å².